The van der Waals surface area contributed by atoms with Gasteiger partial charge in [0.15, 0.2) is 0 Å². The third-order valence-corrected chi connectivity index (χ3v) is 4.65. The van der Waals surface area contributed by atoms with E-state index in [1.807, 2.05) is 53.9 Å². The molecule has 3 heterocycles. The van der Waals surface area contributed by atoms with E-state index in [4.69, 9.17) is 0 Å². The van der Waals surface area contributed by atoms with Gasteiger partial charge in [0.05, 0.1) is 23.5 Å². The highest BCUT2D eigenvalue weighted by atomic mass is 32.1. The van der Waals surface area contributed by atoms with Crippen LogP contribution >= 0.6 is 11.3 Å². The summed E-state index contributed by atoms with van der Waals surface area (Å²) < 4.78 is 0. The summed E-state index contributed by atoms with van der Waals surface area (Å²) in [5.41, 5.74) is 4.16. The molecule has 0 saturated heterocycles. The smallest absolute Gasteiger partial charge is 0.230 e. The fraction of sp³-hybridized carbons (Fsp3) is 0.0526. The van der Waals surface area contributed by atoms with Gasteiger partial charge in [-0.25, -0.2) is 4.98 Å². The summed E-state index contributed by atoms with van der Waals surface area (Å²) >= 11 is 1.49. The van der Waals surface area contributed by atoms with Crippen LogP contribution in [-0.4, -0.2) is 26.1 Å². The van der Waals surface area contributed by atoms with E-state index in [0.717, 1.165) is 33.3 Å². The Morgan fingerprint density at radius 1 is 1.12 bits per heavy atom. The van der Waals surface area contributed by atoms with Gasteiger partial charge in [0.25, 0.3) is 0 Å². The molecule has 128 valence electrons. The van der Waals surface area contributed by atoms with E-state index in [1.165, 1.54) is 11.3 Å². The van der Waals surface area contributed by atoms with Gasteiger partial charge < -0.3 is 5.32 Å². The molecule has 0 spiro atoms. The minimum absolute atomic E-state index is 0.107. The highest BCUT2D eigenvalue weighted by molar-refractivity contribution is 7.13. The van der Waals surface area contributed by atoms with Crippen molar-refractivity contribution < 1.29 is 4.79 Å². The summed E-state index contributed by atoms with van der Waals surface area (Å²) in [5, 5.41) is 12.5. The molecule has 0 bridgehead atoms. The first-order valence-electron chi connectivity index (χ1n) is 8.03. The Morgan fingerprint density at radius 3 is 2.88 bits per heavy atom. The molecule has 26 heavy (non-hydrogen) atoms. The molecule has 0 saturated carbocycles. The largest absolute Gasteiger partial charge is 0.326 e. The highest BCUT2D eigenvalue weighted by Gasteiger charge is 2.10. The predicted octanol–water partition coefficient (Wildman–Crippen LogP) is 3.78. The summed E-state index contributed by atoms with van der Waals surface area (Å²) in [6.45, 7) is 0. The van der Waals surface area contributed by atoms with Gasteiger partial charge in [-0.15, -0.1) is 11.3 Å². The summed E-state index contributed by atoms with van der Waals surface area (Å²) in [7, 11) is 0. The van der Waals surface area contributed by atoms with Gasteiger partial charge >= 0.3 is 0 Å². The standard InChI is InChI=1S/C19H15N5OS/c25-18(11-15-12-26-19(23-15)17-6-1-2-8-20-17)22-14-5-3-4-13(10-14)16-7-9-21-24-16/h1-10,12H,11H2,(H,21,24)(H,22,25). The summed E-state index contributed by atoms with van der Waals surface area (Å²) in [6, 6.07) is 15.2. The number of aromatic nitrogens is 4. The number of nitrogens with zero attached hydrogens (tertiary/aromatic N) is 3. The number of pyridine rings is 1. The lowest BCUT2D eigenvalue weighted by atomic mass is 10.1. The number of rotatable bonds is 5. The van der Waals surface area contributed by atoms with Crippen molar-refractivity contribution in [1.29, 1.82) is 0 Å². The molecule has 0 atom stereocenters. The fourth-order valence-electron chi connectivity index (χ4n) is 2.55. The summed E-state index contributed by atoms with van der Waals surface area (Å²) in [5.74, 6) is -0.107. The molecule has 3 aromatic heterocycles. The van der Waals surface area contributed by atoms with Crippen LogP contribution in [0.2, 0.25) is 0 Å². The minimum atomic E-state index is -0.107. The maximum Gasteiger partial charge on any atom is 0.230 e. The Labute approximate surface area is 154 Å². The molecule has 2 N–H and O–H groups in total. The zero-order chi connectivity index (χ0) is 17.8. The Kier molecular flexibility index (Phi) is 4.53. The predicted molar refractivity (Wildman–Crippen MR) is 102 cm³/mol. The first-order chi connectivity index (χ1) is 12.8. The van der Waals surface area contributed by atoms with Crippen LogP contribution in [0, 0.1) is 0 Å². The fourth-order valence-corrected chi connectivity index (χ4v) is 3.34. The Balaban J connectivity index is 1.43. The molecule has 1 aromatic carbocycles. The van der Waals surface area contributed by atoms with Crippen LogP contribution in [0.25, 0.3) is 22.0 Å². The van der Waals surface area contributed by atoms with Crippen LogP contribution in [0.15, 0.2) is 66.3 Å². The Hall–Kier alpha value is -3.32. The van der Waals surface area contributed by atoms with Crippen molar-refractivity contribution in [2.45, 2.75) is 6.42 Å². The first kappa shape index (κ1) is 16.2. The molecule has 0 aliphatic heterocycles. The number of thiazole rings is 1. The second-order valence-corrected chi connectivity index (χ2v) is 6.49. The van der Waals surface area contributed by atoms with Crippen molar-refractivity contribution in [3.05, 3.63) is 72.0 Å². The third-order valence-electron chi connectivity index (χ3n) is 3.74. The van der Waals surface area contributed by atoms with Crippen molar-refractivity contribution >= 4 is 22.9 Å². The van der Waals surface area contributed by atoms with Gasteiger partial charge in [-0.1, -0.05) is 18.2 Å². The normalized spacial score (nSPS) is 10.6. The SMILES string of the molecule is O=C(Cc1csc(-c2ccccn2)n1)Nc1cccc(-c2ccn[nH]2)c1. The second-order valence-electron chi connectivity index (χ2n) is 5.64. The average Bonchev–Trinajstić information content (AvgIpc) is 3.35. The number of hydrogen-bond acceptors (Lipinski definition) is 5. The van der Waals surface area contributed by atoms with E-state index in [-0.39, 0.29) is 12.3 Å². The van der Waals surface area contributed by atoms with Crippen LogP contribution in [0.4, 0.5) is 5.69 Å². The third kappa shape index (κ3) is 3.68. The minimum Gasteiger partial charge on any atom is -0.326 e. The van der Waals surface area contributed by atoms with E-state index in [2.05, 4.69) is 25.5 Å². The van der Waals surface area contributed by atoms with E-state index >= 15 is 0 Å². The van der Waals surface area contributed by atoms with Crippen LogP contribution in [0.1, 0.15) is 5.69 Å². The number of aromatic amines is 1. The molecule has 0 aliphatic rings. The molecule has 6 nitrogen and oxygen atoms in total. The van der Waals surface area contributed by atoms with E-state index in [1.54, 1.807) is 12.4 Å². The van der Waals surface area contributed by atoms with Gasteiger partial charge in [0, 0.05) is 29.0 Å². The van der Waals surface area contributed by atoms with Gasteiger partial charge in [-0.2, -0.15) is 5.10 Å². The van der Waals surface area contributed by atoms with E-state index in [0.29, 0.717) is 0 Å². The number of anilines is 1. The van der Waals surface area contributed by atoms with Gasteiger partial charge in [0.2, 0.25) is 5.91 Å². The molecule has 0 fully saturated rings. The van der Waals surface area contributed by atoms with Crippen molar-refractivity contribution in [2.75, 3.05) is 5.32 Å². The molecule has 0 radical (unpaired) electrons. The van der Waals surface area contributed by atoms with Crippen LogP contribution in [0.3, 0.4) is 0 Å². The van der Waals surface area contributed by atoms with Crippen molar-refractivity contribution in [3.63, 3.8) is 0 Å². The van der Waals surface area contributed by atoms with Gasteiger partial charge in [0.1, 0.15) is 5.01 Å². The van der Waals surface area contributed by atoms with Crippen molar-refractivity contribution in [1.82, 2.24) is 20.2 Å². The molecule has 4 aromatic rings. The monoisotopic (exact) mass is 361 g/mol. The van der Waals surface area contributed by atoms with Gasteiger partial charge in [-0.05, 0) is 30.3 Å². The summed E-state index contributed by atoms with van der Waals surface area (Å²) in [6.07, 6.45) is 3.65. The number of hydrogen-bond donors (Lipinski definition) is 2. The molecule has 7 heteroatoms. The Bertz CT molecular complexity index is 1010. The van der Waals surface area contributed by atoms with E-state index < -0.39 is 0 Å². The first-order valence-corrected chi connectivity index (χ1v) is 8.91. The number of carbonyl (C=O) groups excluding carboxylic acids is 1. The van der Waals surface area contributed by atoms with E-state index in [9.17, 15) is 4.79 Å². The lowest BCUT2D eigenvalue weighted by Gasteiger charge is -2.06. The van der Waals surface area contributed by atoms with Crippen molar-refractivity contribution in [3.8, 4) is 22.0 Å². The average molecular weight is 361 g/mol. The lowest BCUT2D eigenvalue weighted by molar-refractivity contribution is -0.115. The van der Waals surface area contributed by atoms with Crippen LogP contribution in [-0.2, 0) is 11.2 Å². The Morgan fingerprint density at radius 2 is 2.08 bits per heavy atom. The highest BCUT2D eigenvalue weighted by Crippen LogP contribution is 2.23. The maximum atomic E-state index is 12.3. The number of benzene rings is 1. The number of amides is 1. The maximum absolute atomic E-state index is 12.3. The quantitative estimate of drug-likeness (QED) is 0.567. The molecule has 4 rings (SSSR count). The second kappa shape index (κ2) is 7.28. The number of carbonyl (C=O) groups is 1. The van der Waals surface area contributed by atoms with Gasteiger partial charge in [-0.3, -0.25) is 14.9 Å². The van der Waals surface area contributed by atoms with Crippen LogP contribution in [0.5, 0.6) is 0 Å². The van der Waals surface area contributed by atoms with Crippen molar-refractivity contribution in [2.24, 2.45) is 0 Å². The lowest BCUT2D eigenvalue weighted by Crippen LogP contribution is -2.14. The molecular formula is C19H15N5OS. The molecular weight excluding hydrogens is 346 g/mol. The number of H-pyrrole nitrogens is 1. The number of nitrogens with one attached hydrogen (secondary N) is 2. The summed E-state index contributed by atoms with van der Waals surface area (Å²) in [4.78, 5) is 21.1. The zero-order valence-electron chi connectivity index (χ0n) is 13.7. The topological polar surface area (TPSA) is 83.6 Å². The molecule has 0 unspecified atom stereocenters. The molecule has 1 amide bonds. The molecule has 0 aliphatic carbocycles. The zero-order valence-corrected chi connectivity index (χ0v) is 14.5. The van der Waals surface area contributed by atoms with Crippen LogP contribution < -0.4 is 5.32 Å².